The van der Waals surface area contributed by atoms with E-state index in [-0.39, 0.29) is 23.0 Å². The van der Waals surface area contributed by atoms with E-state index < -0.39 is 0 Å². The Morgan fingerprint density at radius 3 is 1.23 bits per heavy atom. The maximum absolute atomic E-state index is 11.3. The van der Waals surface area contributed by atoms with Crippen LogP contribution in [0.25, 0.3) is 0 Å². The Kier molecular flexibility index (Phi) is 6.61. The minimum absolute atomic E-state index is 0.137. The maximum atomic E-state index is 11.3. The molecule has 2 heteroatoms. The van der Waals surface area contributed by atoms with E-state index in [9.17, 15) is 10.2 Å². The first-order valence-corrected chi connectivity index (χ1v) is 11.1. The normalized spacial score (nSPS) is 44.0. The molecule has 0 spiro atoms. The topological polar surface area (TPSA) is 40.5 Å². The van der Waals surface area contributed by atoms with Gasteiger partial charge >= 0.3 is 0 Å². The van der Waals surface area contributed by atoms with E-state index in [1.807, 2.05) is 0 Å². The molecule has 0 saturated heterocycles. The van der Waals surface area contributed by atoms with Crippen molar-refractivity contribution >= 4 is 0 Å². The van der Waals surface area contributed by atoms with Crippen molar-refractivity contribution in [1.29, 1.82) is 0 Å². The Labute approximate surface area is 163 Å². The Balaban J connectivity index is 2.23. The number of hydrogen-bond acceptors (Lipinski definition) is 2. The van der Waals surface area contributed by atoms with Gasteiger partial charge in [-0.05, 0) is 77.9 Å². The predicted octanol–water partition coefficient (Wildman–Crippen LogP) is 5.76. The molecule has 0 radical (unpaired) electrons. The third kappa shape index (κ3) is 4.66. The number of rotatable bonds is 2. The fraction of sp³-hybridized carbons (Fsp3) is 1.00. The first-order chi connectivity index (χ1) is 11.7. The molecule has 0 aromatic carbocycles. The summed E-state index contributed by atoms with van der Waals surface area (Å²) in [5.74, 6) is 3.03. The van der Waals surface area contributed by atoms with Gasteiger partial charge in [0.2, 0.25) is 0 Å². The van der Waals surface area contributed by atoms with Crippen LogP contribution in [0.3, 0.4) is 0 Å². The smallest absolute Gasteiger partial charge is 0.0604 e. The molecule has 8 atom stereocenters. The Morgan fingerprint density at radius 2 is 0.962 bits per heavy atom. The van der Waals surface area contributed by atoms with E-state index in [1.165, 1.54) is 0 Å². The fourth-order valence-electron chi connectivity index (χ4n) is 6.24. The maximum Gasteiger partial charge on any atom is 0.0604 e. The van der Waals surface area contributed by atoms with Gasteiger partial charge in [0.05, 0.1) is 12.2 Å². The molecule has 2 saturated carbocycles. The third-order valence-electron chi connectivity index (χ3n) is 7.94. The highest BCUT2D eigenvalue weighted by Crippen LogP contribution is 2.51. The van der Waals surface area contributed by atoms with Gasteiger partial charge in [0.25, 0.3) is 0 Å². The molecule has 2 rings (SSSR count). The molecule has 154 valence electrons. The molecule has 0 aromatic heterocycles. The average molecular weight is 367 g/mol. The minimum atomic E-state index is -0.237. The highest BCUT2D eigenvalue weighted by atomic mass is 16.3. The van der Waals surface area contributed by atoms with Gasteiger partial charge in [-0.1, -0.05) is 62.3 Å². The molecule has 0 aliphatic heterocycles. The van der Waals surface area contributed by atoms with Crippen molar-refractivity contribution in [1.82, 2.24) is 0 Å². The van der Waals surface area contributed by atoms with Crippen molar-refractivity contribution in [2.24, 2.45) is 52.3 Å². The highest BCUT2D eigenvalue weighted by Gasteiger charge is 2.48. The largest absolute Gasteiger partial charge is 0.393 e. The number of aliphatic hydroxyl groups is 2. The molecule has 2 aliphatic rings. The van der Waals surface area contributed by atoms with Crippen molar-refractivity contribution in [2.45, 2.75) is 100 Å². The fourth-order valence-corrected chi connectivity index (χ4v) is 6.24. The molecule has 2 fully saturated rings. The SMILES string of the molecule is CC1CC(C(C)C2CC(C)CC(C(C)(C)C)C2O)C(O)C(C(C)(C)C)C1. The summed E-state index contributed by atoms with van der Waals surface area (Å²) in [6.07, 6.45) is 3.99. The van der Waals surface area contributed by atoms with Crippen LogP contribution in [0.2, 0.25) is 0 Å². The van der Waals surface area contributed by atoms with Crippen LogP contribution in [-0.2, 0) is 0 Å². The quantitative estimate of drug-likeness (QED) is 0.652. The van der Waals surface area contributed by atoms with Gasteiger partial charge < -0.3 is 10.2 Å². The number of hydrogen-bond donors (Lipinski definition) is 2. The lowest BCUT2D eigenvalue weighted by atomic mass is 9.56. The van der Waals surface area contributed by atoms with Crippen molar-refractivity contribution in [2.75, 3.05) is 0 Å². The summed E-state index contributed by atoms with van der Waals surface area (Å²) in [5, 5.41) is 22.6. The molecule has 0 amide bonds. The zero-order valence-electron chi connectivity index (χ0n) is 18.9. The van der Waals surface area contributed by atoms with Gasteiger partial charge in [0.1, 0.15) is 0 Å². The molecule has 2 nitrogen and oxygen atoms in total. The predicted molar refractivity (Wildman–Crippen MR) is 111 cm³/mol. The molecule has 0 aromatic rings. The van der Waals surface area contributed by atoms with Crippen LogP contribution in [-0.4, -0.2) is 22.4 Å². The van der Waals surface area contributed by atoms with E-state index in [0.29, 0.717) is 41.4 Å². The lowest BCUT2D eigenvalue weighted by Gasteiger charge is -2.51. The van der Waals surface area contributed by atoms with E-state index in [4.69, 9.17) is 0 Å². The van der Waals surface area contributed by atoms with Gasteiger partial charge in [0.15, 0.2) is 0 Å². The van der Waals surface area contributed by atoms with Gasteiger partial charge in [-0.2, -0.15) is 0 Å². The first kappa shape index (κ1) is 22.2. The highest BCUT2D eigenvalue weighted by molar-refractivity contribution is 4.98. The zero-order valence-corrected chi connectivity index (χ0v) is 18.9. The lowest BCUT2D eigenvalue weighted by molar-refractivity contribution is -0.111. The van der Waals surface area contributed by atoms with E-state index in [2.05, 4.69) is 62.3 Å². The zero-order chi connectivity index (χ0) is 20.0. The first-order valence-electron chi connectivity index (χ1n) is 11.1. The molecule has 2 N–H and O–H groups in total. The van der Waals surface area contributed by atoms with Crippen LogP contribution in [0.15, 0.2) is 0 Å². The summed E-state index contributed by atoms with van der Waals surface area (Å²) in [6.45, 7) is 20.6. The lowest BCUT2D eigenvalue weighted by Crippen LogP contribution is -2.51. The summed E-state index contributed by atoms with van der Waals surface area (Å²) < 4.78 is 0. The summed E-state index contributed by atoms with van der Waals surface area (Å²) in [5.41, 5.74) is 0.275. The van der Waals surface area contributed by atoms with Crippen molar-refractivity contribution in [3.05, 3.63) is 0 Å². The Hall–Kier alpha value is -0.0800. The third-order valence-corrected chi connectivity index (χ3v) is 7.94. The molecule has 2 aliphatic carbocycles. The average Bonchev–Trinajstić information content (AvgIpc) is 2.48. The second-order valence-electron chi connectivity index (χ2n) is 12.3. The van der Waals surface area contributed by atoms with Crippen molar-refractivity contribution in [3.63, 3.8) is 0 Å². The van der Waals surface area contributed by atoms with Crippen molar-refractivity contribution < 1.29 is 10.2 Å². The van der Waals surface area contributed by atoms with Gasteiger partial charge in [0, 0.05) is 0 Å². The summed E-state index contributed by atoms with van der Waals surface area (Å²) >= 11 is 0. The van der Waals surface area contributed by atoms with E-state index in [1.54, 1.807) is 0 Å². The molecule has 0 heterocycles. The van der Waals surface area contributed by atoms with Crippen LogP contribution in [0, 0.1) is 52.3 Å². The van der Waals surface area contributed by atoms with Gasteiger partial charge in [-0.25, -0.2) is 0 Å². The molecule has 0 bridgehead atoms. The summed E-state index contributed by atoms with van der Waals surface area (Å²) in [6, 6.07) is 0. The Morgan fingerprint density at radius 1 is 0.654 bits per heavy atom. The van der Waals surface area contributed by atoms with Crippen LogP contribution in [0.5, 0.6) is 0 Å². The van der Waals surface area contributed by atoms with Crippen LogP contribution in [0.4, 0.5) is 0 Å². The Bertz CT molecular complexity index is 416. The van der Waals surface area contributed by atoms with Gasteiger partial charge in [-0.15, -0.1) is 0 Å². The van der Waals surface area contributed by atoms with Gasteiger partial charge in [-0.3, -0.25) is 0 Å². The molecular weight excluding hydrogens is 320 g/mol. The van der Waals surface area contributed by atoms with E-state index >= 15 is 0 Å². The number of aliphatic hydroxyl groups excluding tert-OH is 2. The van der Waals surface area contributed by atoms with Crippen LogP contribution in [0.1, 0.15) is 88.0 Å². The minimum Gasteiger partial charge on any atom is -0.393 e. The van der Waals surface area contributed by atoms with Crippen LogP contribution < -0.4 is 0 Å². The molecular formula is C24H46O2. The second-order valence-corrected chi connectivity index (χ2v) is 12.3. The summed E-state index contributed by atoms with van der Waals surface area (Å²) in [4.78, 5) is 0. The van der Waals surface area contributed by atoms with Crippen molar-refractivity contribution in [3.8, 4) is 0 Å². The monoisotopic (exact) mass is 366 g/mol. The molecule has 26 heavy (non-hydrogen) atoms. The van der Waals surface area contributed by atoms with Crippen LogP contribution >= 0.6 is 0 Å². The van der Waals surface area contributed by atoms with E-state index in [0.717, 1.165) is 25.7 Å². The second kappa shape index (κ2) is 7.74. The molecule has 8 unspecified atom stereocenters. The summed E-state index contributed by atoms with van der Waals surface area (Å²) in [7, 11) is 0. The standard InChI is InChI=1S/C24H46O2/c1-14-10-17(21(25)19(12-14)23(4,5)6)16(3)18-11-15(2)13-20(22(18)26)24(7,8)9/h14-22,25-26H,10-13H2,1-9H3.